The topological polar surface area (TPSA) is 38.7 Å². The first-order valence-electron chi connectivity index (χ1n) is 2.09. The summed E-state index contributed by atoms with van der Waals surface area (Å²) in [6.07, 6.45) is 1.33. The van der Waals surface area contributed by atoms with E-state index in [1.807, 2.05) is 0 Å². The summed E-state index contributed by atoms with van der Waals surface area (Å²) in [6, 6.07) is 0. The van der Waals surface area contributed by atoms with Gasteiger partial charge in [0.15, 0.2) is 0 Å². The molecule has 3 nitrogen and oxygen atoms in total. The summed E-state index contributed by atoms with van der Waals surface area (Å²) in [4.78, 5) is 12.5. The zero-order valence-corrected chi connectivity index (χ0v) is 5.02. The van der Waals surface area contributed by atoms with E-state index in [1.165, 1.54) is 6.08 Å². The molecule has 0 amide bonds. The molecule has 4 heteroatoms. The van der Waals surface area contributed by atoms with E-state index in [2.05, 4.69) is 9.73 Å². The molecular weight excluding hydrogens is 130 g/mol. The van der Waals surface area contributed by atoms with Gasteiger partial charge in [-0.1, -0.05) is 0 Å². The summed E-state index contributed by atoms with van der Waals surface area (Å²) in [5.74, 6) is 0.425. The van der Waals surface area contributed by atoms with E-state index in [0.29, 0.717) is 12.5 Å². The van der Waals surface area contributed by atoms with Gasteiger partial charge in [0.05, 0.1) is 6.61 Å². The fraction of sp³-hybridized carbons (Fsp3) is 0.750. The minimum absolute atomic E-state index is 0.0657. The van der Waals surface area contributed by atoms with Crippen LogP contribution in [0, 0.1) is 0 Å². The molecular formula is C4H6ClNO2. The number of ether oxygens (including phenoxy) is 1. The van der Waals surface area contributed by atoms with Gasteiger partial charge >= 0.3 is 0 Å². The Balaban J connectivity index is 2.82. The predicted octanol–water partition coefficient (Wildman–Crippen LogP) is 0.535. The van der Waals surface area contributed by atoms with E-state index in [1.54, 1.807) is 0 Å². The molecule has 0 atom stereocenters. The van der Waals surface area contributed by atoms with Crippen molar-refractivity contribution in [1.29, 1.82) is 0 Å². The zero-order valence-electron chi connectivity index (χ0n) is 4.26. The van der Waals surface area contributed by atoms with E-state index in [9.17, 15) is 4.79 Å². The molecule has 0 spiro atoms. The number of aliphatic imine (C=N–C) groups is 1. The highest BCUT2D eigenvalue weighted by Gasteiger charge is 1.78. The number of hydrogen-bond donors (Lipinski definition) is 0. The average Bonchev–Trinajstić information content (AvgIpc) is 1.81. The molecule has 0 saturated heterocycles. The smallest absolute Gasteiger partial charge is 0.237 e. The maximum absolute atomic E-state index is 9.36. The van der Waals surface area contributed by atoms with E-state index in [0.717, 1.165) is 0 Å². The summed E-state index contributed by atoms with van der Waals surface area (Å²) in [5, 5.41) is 0. The largest absolute Gasteiger partial charge is 0.357 e. The van der Waals surface area contributed by atoms with Crippen LogP contribution in [0.4, 0.5) is 0 Å². The van der Waals surface area contributed by atoms with Crippen molar-refractivity contribution in [2.75, 3.05) is 19.2 Å². The maximum Gasteiger partial charge on any atom is 0.237 e. The van der Waals surface area contributed by atoms with E-state index < -0.39 is 0 Å². The minimum Gasteiger partial charge on any atom is -0.357 e. The van der Waals surface area contributed by atoms with Gasteiger partial charge in [-0.3, -0.25) is 0 Å². The molecule has 0 aromatic rings. The first-order chi connectivity index (χ1) is 3.91. The first-order valence-corrected chi connectivity index (χ1v) is 2.62. The van der Waals surface area contributed by atoms with Crippen LogP contribution in [0.1, 0.15) is 0 Å². The molecule has 0 heterocycles. The number of hydrogen-bond acceptors (Lipinski definition) is 3. The third kappa shape index (κ3) is 5.63. The third-order valence-corrected chi connectivity index (χ3v) is 0.596. The number of rotatable bonds is 4. The van der Waals surface area contributed by atoms with Crippen molar-refractivity contribution < 1.29 is 9.53 Å². The van der Waals surface area contributed by atoms with Crippen LogP contribution in [0.3, 0.4) is 0 Å². The highest BCUT2D eigenvalue weighted by molar-refractivity contribution is 6.17. The average molecular weight is 136 g/mol. The first kappa shape index (κ1) is 7.63. The highest BCUT2D eigenvalue weighted by atomic mass is 35.5. The van der Waals surface area contributed by atoms with Crippen molar-refractivity contribution in [1.82, 2.24) is 0 Å². The van der Waals surface area contributed by atoms with Gasteiger partial charge in [-0.25, -0.2) is 4.79 Å². The standard InChI is InChI=1S/C4H6ClNO2/c5-1-2-8-4-6-3-7/h1-2,4H2. The van der Waals surface area contributed by atoms with E-state index >= 15 is 0 Å². The second-order valence-corrected chi connectivity index (χ2v) is 1.35. The Hall–Kier alpha value is -0.370. The van der Waals surface area contributed by atoms with Gasteiger partial charge in [-0.05, 0) is 0 Å². The van der Waals surface area contributed by atoms with Crippen molar-refractivity contribution in [3.8, 4) is 0 Å². The van der Waals surface area contributed by atoms with E-state index in [-0.39, 0.29) is 6.73 Å². The molecule has 0 aromatic carbocycles. The van der Waals surface area contributed by atoms with Crippen LogP contribution in [0.5, 0.6) is 0 Å². The summed E-state index contributed by atoms with van der Waals surface area (Å²) in [5.41, 5.74) is 0. The molecule has 0 radical (unpaired) electrons. The summed E-state index contributed by atoms with van der Waals surface area (Å²) in [7, 11) is 0. The lowest BCUT2D eigenvalue weighted by atomic mass is 10.9. The van der Waals surface area contributed by atoms with Gasteiger partial charge in [-0.15, -0.1) is 11.6 Å². The van der Waals surface area contributed by atoms with Gasteiger partial charge in [0.2, 0.25) is 6.08 Å². The lowest BCUT2D eigenvalue weighted by molar-refractivity contribution is 0.158. The monoisotopic (exact) mass is 135 g/mol. The number of carbonyl (C=O) groups excluding carboxylic acids is 1. The van der Waals surface area contributed by atoms with Crippen LogP contribution in [0.25, 0.3) is 0 Å². The van der Waals surface area contributed by atoms with Crippen molar-refractivity contribution in [3.63, 3.8) is 0 Å². The van der Waals surface area contributed by atoms with E-state index in [4.69, 9.17) is 11.6 Å². The molecule has 0 saturated carbocycles. The van der Waals surface area contributed by atoms with Gasteiger partial charge in [0, 0.05) is 5.88 Å². The Morgan fingerprint density at radius 3 is 3.00 bits per heavy atom. The molecule has 8 heavy (non-hydrogen) atoms. The Kier molecular flexibility index (Phi) is 6.32. The molecule has 0 aromatic heterocycles. The van der Waals surface area contributed by atoms with Crippen molar-refractivity contribution in [3.05, 3.63) is 0 Å². The van der Waals surface area contributed by atoms with Crippen LogP contribution in [-0.2, 0) is 9.53 Å². The quantitative estimate of drug-likeness (QED) is 0.244. The number of nitrogens with zero attached hydrogens (tertiary/aromatic N) is 1. The van der Waals surface area contributed by atoms with Crippen LogP contribution in [-0.4, -0.2) is 25.3 Å². The predicted molar refractivity (Wildman–Crippen MR) is 29.7 cm³/mol. The molecule has 0 fully saturated rings. The fourth-order valence-electron chi connectivity index (χ4n) is 0.191. The second-order valence-electron chi connectivity index (χ2n) is 0.976. The normalized spacial score (nSPS) is 8.12. The Labute approximate surface area is 52.3 Å². The molecule has 0 rings (SSSR count). The zero-order chi connectivity index (χ0) is 6.24. The second kappa shape index (κ2) is 6.63. The van der Waals surface area contributed by atoms with Crippen LogP contribution in [0.2, 0.25) is 0 Å². The Morgan fingerprint density at radius 2 is 2.50 bits per heavy atom. The summed E-state index contributed by atoms with van der Waals surface area (Å²) < 4.78 is 4.66. The van der Waals surface area contributed by atoms with Crippen LogP contribution < -0.4 is 0 Å². The molecule has 0 aliphatic rings. The minimum atomic E-state index is 0.0657. The summed E-state index contributed by atoms with van der Waals surface area (Å²) in [6.45, 7) is 0.489. The molecule has 0 aliphatic carbocycles. The Bertz CT molecular complexity index is 90.0. The van der Waals surface area contributed by atoms with Gasteiger partial charge in [0.1, 0.15) is 6.73 Å². The fourth-order valence-corrected chi connectivity index (χ4v) is 0.300. The van der Waals surface area contributed by atoms with Crippen molar-refractivity contribution in [2.45, 2.75) is 0 Å². The summed E-state index contributed by atoms with van der Waals surface area (Å²) >= 11 is 5.22. The lowest BCUT2D eigenvalue weighted by Crippen LogP contribution is -1.93. The molecule has 46 valence electrons. The maximum atomic E-state index is 9.36. The molecule has 0 aliphatic heterocycles. The number of alkyl halides is 1. The molecule has 0 N–H and O–H groups in total. The van der Waals surface area contributed by atoms with Crippen LogP contribution in [0.15, 0.2) is 4.99 Å². The van der Waals surface area contributed by atoms with Crippen molar-refractivity contribution >= 4 is 17.7 Å². The van der Waals surface area contributed by atoms with Gasteiger partial charge in [0.25, 0.3) is 0 Å². The van der Waals surface area contributed by atoms with Crippen molar-refractivity contribution in [2.24, 2.45) is 4.99 Å². The SMILES string of the molecule is O=C=NCOCCCl. The molecule has 0 unspecified atom stereocenters. The highest BCUT2D eigenvalue weighted by Crippen LogP contribution is 1.77. The Morgan fingerprint density at radius 1 is 1.75 bits per heavy atom. The number of isocyanates is 1. The van der Waals surface area contributed by atoms with Gasteiger partial charge < -0.3 is 4.74 Å². The third-order valence-electron chi connectivity index (χ3n) is 0.442. The van der Waals surface area contributed by atoms with Crippen LogP contribution >= 0.6 is 11.6 Å². The molecule has 0 bridgehead atoms. The number of halogens is 1. The lowest BCUT2D eigenvalue weighted by Gasteiger charge is -1.90. The van der Waals surface area contributed by atoms with Gasteiger partial charge in [-0.2, -0.15) is 4.99 Å².